The highest BCUT2D eigenvalue weighted by molar-refractivity contribution is 9.10. The van der Waals surface area contributed by atoms with Gasteiger partial charge in [-0.05, 0) is 48.9 Å². The molecular weight excluding hydrogens is 332 g/mol. The van der Waals surface area contributed by atoms with Crippen LogP contribution in [-0.4, -0.2) is 11.7 Å². The molecule has 0 fully saturated rings. The van der Waals surface area contributed by atoms with Gasteiger partial charge < -0.3 is 11.1 Å². The molecule has 0 aliphatic rings. The summed E-state index contributed by atoms with van der Waals surface area (Å²) in [7, 11) is 0. The number of hydrogen-bond acceptors (Lipinski definition) is 3. The van der Waals surface area contributed by atoms with Crippen LogP contribution in [0.1, 0.15) is 28.4 Å². The second-order valence-electron chi connectivity index (χ2n) is 4.76. The molecule has 3 N–H and O–H groups in total. The van der Waals surface area contributed by atoms with E-state index in [0.717, 1.165) is 10.0 Å². The van der Waals surface area contributed by atoms with Gasteiger partial charge in [0.15, 0.2) is 5.78 Å². The Morgan fingerprint density at radius 2 is 1.76 bits per heavy atom. The van der Waals surface area contributed by atoms with Crippen LogP contribution < -0.4 is 11.1 Å². The van der Waals surface area contributed by atoms with E-state index < -0.39 is 0 Å². The molecule has 0 aromatic heterocycles. The molecule has 21 heavy (non-hydrogen) atoms. The van der Waals surface area contributed by atoms with Gasteiger partial charge in [0.1, 0.15) is 0 Å². The van der Waals surface area contributed by atoms with Gasteiger partial charge in [0.05, 0.1) is 0 Å². The van der Waals surface area contributed by atoms with E-state index in [9.17, 15) is 9.59 Å². The number of ketones is 1. The number of nitrogens with two attached hydrogens (primary N) is 1. The average molecular weight is 347 g/mol. The maximum atomic E-state index is 12.5. The van der Waals surface area contributed by atoms with Crippen LogP contribution in [0.3, 0.4) is 0 Å². The zero-order valence-corrected chi connectivity index (χ0v) is 13.3. The van der Waals surface area contributed by atoms with E-state index in [-0.39, 0.29) is 11.7 Å². The minimum atomic E-state index is -0.148. The molecule has 0 aliphatic carbocycles. The van der Waals surface area contributed by atoms with E-state index in [1.165, 1.54) is 6.92 Å². The molecule has 0 aliphatic heterocycles. The van der Waals surface area contributed by atoms with Gasteiger partial charge in [-0.25, -0.2) is 0 Å². The first-order chi connectivity index (χ1) is 9.88. The van der Waals surface area contributed by atoms with Crippen molar-refractivity contribution in [3.8, 4) is 0 Å². The number of benzene rings is 2. The van der Waals surface area contributed by atoms with Crippen molar-refractivity contribution in [2.24, 2.45) is 0 Å². The summed E-state index contributed by atoms with van der Waals surface area (Å²) in [6, 6.07) is 10.3. The number of nitrogens with one attached hydrogen (secondary N) is 1. The normalized spacial score (nSPS) is 10.2. The summed E-state index contributed by atoms with van der Waals surface area (Å²) >= 11 is 3.35. The van der Waals surface area contributed by atoms with Crippen LogP contribution in [-0.2, 0) is 4.79 Å². The van der Waals surface area contributed by atoms with Crippen molar-refractivity contribution in [3.63, 3.8) is 0 Å². The van der Waals surface area contributed by atoms with Gasteiger partial charge in [-0.15, -0.1) is 0 Å². The summed E-state index contributed by atoms with van der Waals surface area (Å²) in [5.74, 6) is -0.250. The zero-order chi connectivity index (χ0) is 15.6. The molecule has 108 valence electrons. The standard InChI is InChI=1S/C16H15BrN2O2/c1-9-14(7-12(17)8-15(9)18)16(21)11-3-5-13(6-4-11)19-10(2)20/h3-8H,18H2,1-2H3,(H,19,20). The van der Waals surface area contributed by atoms with E-state index in [2.05, 4.69) is 21.2 Å². The molecular formula is C16H15BrN2O2. The topological polar surface area (TPSA) is 72.2 Å². The van der Waals surface area contributed by atoms with Gasteiger partial charge in [0.2, 0.25) is 5.91 Å². The van der Waals surface area contributed by atoms with Gasteiger partial charge >= 0.3 is 0 Å². The Morgan fingerprint density at radius 3 is 2.33 bits per heavy atom. The van der Waals surface area contributed by atoms with E-state index in [1.807, 2.05) is 6.92 Å². The van der Waals surface area contributed by atoms with Crippen LogP contribution in [0.4, 0.5) is 11.4 Å². The third-order valence-corrected chi connectivity index (χ3v) is 3.58. The molecule has 1 amide bonds. The number of halogens is 1. The lowest BCUT2D eigenvalue weighted by molar-refractivity contribution is -0.114. The minimum Gasteiger partial charge on any atom is -0.398 e. The lowest BCUT2D eigenvalue weighted by Crippen LogP contribution is -2.08. The molecule has 0 heterocycles. The Kier molecular flexibility index (Phi) is 4.43. The summed E-state index contributed by atoms with van der Waals surface area (Å²) in [6.45, 7) is 3.26. The number of amides is 1. The molecule has 0 saturated heterocycles. The van der Waals surface area contributed by atoms with Crippen LogP contribution in [0.2, 0.25) is 0 Å². The molecule has 2 aromatic rings. The SMILES string of the molecule is CC(=O)Nc1ccc(C(=O)c2cc(Br)cc(N)c2C)cc1. The lowest BCUT2D eigenvalue weighted by atomic mass is 9.98. The molecule has 4 nitrogen and oxygen atoms in total. The van der Waals surface area contributed by atoms with Crippen LogP contribution in [0.5, 0.6) is 0 Å². The fraction of sp³-hybridized carbons (Fsp3) is 0.125. The van der Waals surface area contributed by atoms with Gasteiger partial charge in [-0.2, -0.15) is 0 Å². The first-order valence-corrected chi connectivity index (χ1v) is 7.15. The molecule has 0 radical (unpaired) electrons. The Hall–Kier alpha value is -2.14. The van der Waals surface area contributed by atoms with Crippen LogP contribution in [0.25, 0.3) is 0 Å². The Morgan fingerprint density at radius 1 is 1.14 bits per heavy atom. The molecule has 2 rings (SSSR count). The zero-order valence-electron chi connectivity index (χ0n) is 11.7. The number of carbonyl (C=O) groups is 2. The van der Waals surface area contributed by atoms with Gasteiger partial charge in [-0.3, -0.25) is 9.59 Å². The summed E-state index contributed by atoms with van der Waals surface area (Å²) < 4.78 is 0.767. The molecule has 0 spiro atoms. The third-order valence-electron chi connectivity index (χ3n) is 3.12. The number of nitrogen functional groups attached to an aromatic ring is 1. The van der Waals surface area contributed by atoms with Crippen molar-refractivity contribution in [2.75, 3.05) is 11.1 Å². The fourth-order valence-electron chi connectivity index (χ4n) is 2.00. The lowest BCUT2D eigenvalue weighted by Gasteiger charge is -2.09. The smallest absolute Gasteiger partial charge is 0.221 e. The van der Waals surface area contributed by atoms with Crippen molar-refractivity contribution >= 4 is 39.0 Å². The Balaban J connectivity index is 2.34. The van der Waals surface area contributed by atoms with Crippen molar-refractivity contribution in [1.82, 2.24) is 0 Å². The van der Waals surface area contributed by atoms with Crippen molar-refractivity contribution in [1.29, 1.82) is 0 Å². The van der Waals surface area contributed by atoms with Gasteiger partial charge in [0.25, 0.3) is 0 Å². The maximum absolute atomic E-state index is 12.5. The molecule has 5 heteroatoms. The van der Waals surface area contributed by atoms with Crippen LogP contribution in [0, 0.1) is 6.92 Å². The van der Waals surface area contributed by atoms with E-state index >= 15 is 0 Å². The van der Waals surface area contributed by atoms with E-state index in [0.29, 0.717) is 22.5 Å². The Bertz CT molecular complexity index is 709. The second-order valence-corrected chi connectivity index (χ2v) is 5.67. The first-order valence-electron chi connectivity index (χ1n) is 6.36. The number of hydrogen-bond donors (Lipinski definition) is 2. The van der Waals surface area contributed by atoms with E-state index in [4.69, 9.17) is 5.73 Å². The van der Waals surface area contributed by atoms with Crippen LogP contribution >= 0.6 is 15.9 Å². The summed E-state index contributed by atoms with van der Waals surface area (Å²) in [6.07, 6.45) is 0. The predicted molar refractivity (Wildman–Crippen MR) is 87.5 cm³/mol. The van der Waals surface area contributed by atoms with Crippen LogP contribution in [0.15, 0.2) is 40.9 Å². The molecule has 0 saturated carbocycles. The van der Waals surface area contributed by atoms with Gasteiger partial charge in [-0.1, -0.05) is 15.9 Å². The highest BCUT2D eigenvalue weighted by Gasteiger charge is 2.14. The third kappa shape index (κ3) is 3.49. The highest BCUT2D eigenvalue weighted by atomic mass is 79.9. The predicted octanol–water partition coefficient (Wildman–Crippen LogP) is 3.53. The summed E-state index contributed by atoms with van der Waals surface area (Å²) in [5.41, 5.74) is 8.98. The average Bonchev–Trinajstić information content (AvgIpc) is 2.42. The van der Waals surface area contributed by atoms with Crippen molar-refractivity contribution in [3.05, 3.63) is 57.6 Å². The summed E-state index contributed by atoms with van der Waals surface area (Å²) in [4.78, 5) is 23.5. The number of carbonyl (C=O) groups excluding carboxylic acids is 2. The van der Waals surface area contributed by atoms with E-state index in [1.54, 1.807) is 36.4 Å². The molecule has 2 aromatic carbocycles. The monoisotopic (exact) mass is 346 g/mol. The first kappa shape index (κ1) is 15.3. The molecule has 0 unspecified atom stereocenters. The second kappa shape index (κ2) is 6.10. The van der Waals surface area contributed by atoms with Crippen molar-refractivity contribution in [2.45, 2.75) is 13.8 Å². The number of rotatable bonds is 3. The summed E-state index contributed by atoms with van der Waals surface area (Å²) in [5, 5.41) is 2.66. The van der Waals surface area contributed by atoms with Crippen molar-refractivity contribution < 1.29 is 9.59 Å². The highest BCUT2D eigenvalue weighted by Crippen LogP contribution is 2.25. The Labute approximate surface area is 131 Å². The maximum Gasteiger partial charge on any atom is 0.221 e. The quantitative estimate of drug-likeness (QED) is 0.659. The number of anilines is 2. The fourth-order valence-corrected chi connectivity index (χ4v) is 2.48. The molecule has 0 atom stereocenters. The molecule has 0 bridgehead atoms. The minimum absolute atomic E-state index is 0.102. The van der Waals surface area contributed by atoms with Gasteiger partial charge in [0, 0.05) is 33.9 Å². The largest absolute Gasteiger partial charge is 0.398 e.